The van der Waals surface area contributed by atoms with Crippen LogP contribution < -0.4 is 5.32 Å². The van der Waals surface area contributed by atoms with Crippen LogP contribution in [0.5, 0.6) is 0 Å². The van der Waals surface area contributed by atoms with Gasteiger partial charge in [0.1, 0.15) is 4.88 Å². The van der Waals surface area contributed by atoms with Crippen molar-refractivity contribution in [3.8, 4) is 0 Å². The van der Waals surface area contributed by atoms with Crippen LogP contribution in [0.15, 0.2) is 48.5 Å². The molecule has 0 radical (unpaired) electrons. The molecule has 138 valence electrons. The first-order valence-electron chi connectivity index (χ1n) is 8.16. The highest BCUT2D eigenvalue weighted by molar-refractivity contribution is 7.21. The third kappa shape index (κ3) is 4.18. The molecule has 1 heterocycles. The number of ketones is 1. The number of hydrogen-bond acceptors (Lipinski definition) is 5. The van der Waals surface area contributed by atoms with Gasteiger partial charge in [0, 0.05) is 21.3 Å². The molecule has 0 spiro atoms. The first-order valence-corrected chi connectivity index (χ1v) is 9.36. The van der Waals surface area contributed by atoms with E-state index in [2.05, 4.69) is 5.32 Å². The Kier molecular flexibility index (Phi) is 5.58. The summed E-state index contributed by atoms with van der Waals surface area (Å²) in [6.45, 7) is 2.92. The van der Waals surface area contributed by atoms with E-state index in [-0.39, 0.29) is 10.7 Å². The number of esters is 1. The van der Waals surface area contributed by atoms with Crippen molar-refractivity contribution in [2.24, 2.45) is 0 Å². The number of thiophene rings is 1. The molecular formula is C20H16ClNO4S. The van der Waals surface area contributed by atoms with E-state index in [9.17, 15) is 14.4 Å². The molecule has 0 aliphatic heterocycles. The topological polar surface area (TPSA) is 72.5 Å². The van der Waals surface area contributed by atoms with E-state index < -0.39 is 18.0 Å². The van der Waals surface area contributed by atoms with Crippen molar-refractivity contribution in [2.75, 3.05) is 5.32 Å². The van der Waals surface area contributed by atoms with Gasteiger partial charge in [-0.2, -0.15) is 0 Å². The third-order valence-electron chi connectivity index (χ3n) is 3.91. The van der Waals surface area contributed by atoms with Gasteiger partial charge in [-0.15, -0.1) is 11.3 Å². The van der Waals surface area contributed by atoms with Gasteiger partial charge in [0.25, 0.3) is 5.91 Å². The fourth-order valence-electron chi connectivity index (χ4n) is 2.47. The molecule has 0 aliphatic carbocycles. The summed E-state index contributed by atoms with van der Waals surface area (Å²) in [5.74, 6) is -1.26. The van der Waals surface area contributed by atoms with Crippen LogP contribution in [-0.4, -0.2) is 23.8 Å². The Morgan fingerprint density at radius 3 is 2.56 bits per heavy atom. The van der Waals surface area contributed by atoms with Crippen LogP contribution in [0, 0.1) is 0 Å². The summed E-state index contributed by atoms with van der Waals surface area (Å²) < 4.78 is 6.13. The van der Waals surface area contributed by atoms with E-state index in [1.165, 1.54) is 25.2 Å². The molecule has 0 saturated heterocycles. The van der Waals surface area contributed by atoms with Gasteiger partial charge in [0.05, 0.1) is 5.02 Å². The molecule has 7 heteroatoms. The van der Waals surface area contributed by atoms with Crippen LogP contribution in [0.2, 0.25) is 5.02 Å². The van der Waals surface area contributed by atoms with Crippen LogP contribution >= 0.6 is 22.9 Å². The lowest BCUT2D eigenvalue weighted by Crippen LogP contribution is -2.29. The zero-order valence-electron chi connectivity index (χ0n) is 14.6. The molecule has 5 nitrogen and oxygen atoms in total. The Morgan fingerprint density at radius 2 is 1.85 bits per heavy atom. The molecule has 0 saturated carbocycles. The number of benzene rings is 2. The lowest BCUT2D eigenvalue weighted by atomic mass is 10.1. The molecule has 0 unspecified atom stereocenters. The minimum Gasteiger partial charge on any atom is -0.448 e. The molecule has 1 N–H and O–H groups in total. The van der Waals surface area contributed by atoms with Gasteiger partial charge in [-0.05, 0) is 32.0 Å². The highest BCUT2D eigenvalue weighted by Gasteiger charge is 2.23. The number of carbonyl (C=O) groups excluding carboxylic acids is 3. The highest BCUT2D eigenvalue weighted by atomic mass is 35.5. The fraction of sp³-hybridized carbons (Fsp3) is 0.150. The number of ether oxygens (including phenoxy) is 1. The van der Waals surface area contributed by atoms with E-state index in [0.29, 0.717) is 16.3 Å². The fourth-order valence-corrected chi connectivity index (χ4v) is 3.86. The van der Waals surface area contributed by atoms with E-state index in [0.717, 1.165) is 10.1 Å². The maximum atomic E-state index is 12.4. The maximum absolute atomic E-state index is 12.4. The second-order valence-corrected chi connectivity index (χ2v) is 7.35. The van der Waals surface area contributed by atoms with Gasteiger partial charge < -0.3 is 10.1 Å². The van der Waals surface area contributed by atoms with Crippen molar-refractivity contribution in [3.63, 3.8) is 0 Å². The lowest BCUT2D eigenvalue weighted by molar-refractivity contribution is -0.123. The Morgan fingerprint density at radius 1 is 1.11 bits per heavy atom. The first-order chi connectivity index (χ1) is 12.9. The van der Waals surface area contributed by atoms with Crippen molar-refractivity contribution in [1.29, 1.82) is 0 Å². The summed E-state index contributed by atoms with van der Waals surface area (Å²) in [5.41, 5.74) is 0.935. The van der Waals surface area contributed by atoms with E-state index in [1.807, 2.05) is 24.3 Å². The predicted molar refractivity (Wildman–Crippen MR) is 107 cm³/mol. The number of carbonyl (C=O) groups is 3. The number of fused-ring (bicyclic) bond motifs is 1. The third-order valence-corrected chi connectivity index (χ3v) is 5.57. The molecule has 1 amide bonds. The van der Waals surface area contributed by atoms with Crippen molar-refractivity contribution in [1.82, 2.24) is 0 Å². The number of anilines is 1. The molecule has 3 aromatic rings. The van der Waals surface area contributed by atoms with E-state index in [4.69, 9.17) is 16.3 Å². The second kappa shape index (κ2) is 7.90. The molecule has 2 aromatic carbocycles. The predicted octanol–water partition coefficient (Wildman–Crippen LogP) is 4.94. The van der Waals surface area contributed by atoms with Gasteiger partial charge in [0.15, 0.2) is 11.9 Å². The summed E-state index contributed by atoms with van der Waals surface area (Å²) in [6, 6.07) is 13.9. The lowest BCUT2D eigenvalue weighted by Gasteiger charge is -2.13. The summed E-state index contributed by atoms with van der Waals surface area (Å²) in [6.07, 6.45) is -1.03. The minimum atomic E-state index is -1.03. The largest absolute Gasteiger partial charge is 0.448 e. The van der Waals surface area contributed by atoms with Crippen molar-refractivity contribution < 1.29 is 19.1 Å². The van der Waals surface area contributed by atoms with Crippen LogP contribution in [0.3, 0.4) is 0 Å². The summed E-state index contributed by atoms with van der Waals surface area (Å²) in [7, 11) is 0. The monoisotopic (exact) mass is 401 g/mol. The average molecular weight is 402 g/mol. The zero-order chi connectivity index (χ0) is 19.6. The number of hydrogen-bond donors (Lipinski definition) is 1. The molecule has 27 heavy (non-hydrogen) atoms. The van der Waals surface area contributed by atoms with Crippen molar-refractivity contribution in [3.05, 3.63) is 64.0 Å². The molecule has 0 aliphatic rings. The first kappa shape index (κ1) is 19.1. The summed E-state index contributed by atoms with van der Waals surface area (Å²) in [4.78, 5) is 36.4. The van der Waals surface area contributed by atoms with Gasteiger partial charge in [-0.3, -0.25) is 9.59 Å². The quantitative estimate of drug-likeness (QED) is 0.485. The van der Waals surface area contributed by atoms with Crippen molar-refractivity contribution in [2.45, 2.75) is 20.0 Å². The molecule has 0 bridgehead atoms. The minimum absolute atomic E-state index is 0.107. The standard InChI is InChI=1S/C20H16ClNO4S/c1-11(23)13-6-5-7-14(10-13)22-19(24)12(2)26-20(25)18-17(21)15-8-3-4-9-16(15)27-18/h3-10,12H,1-2H3,(H,22,24)/t12-/m0/s1. The Bertz CT molecular complexity index is 1040. The number of rotatable bonds is 5. The van der Waals surface area contributed by atoms with Gasteiger partial charge in [-0.25, -0.2) is 4.79 Å². The number of amides is 1. The van der Waals surface area contributed by atoms with Crippen LogP contribution in [0.4, 0.5) is 5.69 Å². The zero-order valence-corrected chi connectivity index (χ0v) is 16.2. The number of nitrogens with one attached hydrogen (secondary N) is 1. The van der Waals surface area contributed by atoms with Crippen molar-refractivity contribution >= 4 is 56.4 Å². The Labute approximate surface area is 164 Å². The highest BCUT2D eigenvalue weighted by Crippen LogP contribution is 2.35. The van der Waals surface area contributed by atoms with Crippen LogP contribution in [0.1, 0.15) is 33.9 Å². The number of halogens is 1. The SMILES string of the molecule is CC(=O)c1cccc(NC(=O)[C@H](C)OC(=O)c2sc3ccccc3c2Cl)c1. The van der Waals surface area contributed by atoms with Crippen LogP contribution in [0.25, 0.3) is 10.1 Å². The molecule has 1 aromatic heterocycles. The average Bonchev–Trinajstić information content (AvgIpc) is 2.99. The van der Waals surface area contributed by atoms with Gasteiger partial charge >= 0.3 is 5.97 Å². The van der Waals surface area contributed by atoms with Gasteiger partial charge in [-0.1, -0.05) is 41.9 Å². The second-order valence-electron chi connectivity index (χ2n) is 5.92. The number of Topliss-reactive ketones (excluding diaryl/α,β-unsaturated/α-hetero) is 1. The van der Waals surface area contributed by atoms with E-state index >= 15 is 0 Å². The normalized spacial score (nSPS) is 11.8. The maximum Gasteiger partial charge on any atom is 0.350 e. The molecule has 1 atom stereocenters. The smallest absolute Gasteiger partial charge is 0.350 e. The Balaban J connectivity index is 1.70. The molecule has 0 fully saturated rings. The summed E-state index contributed by atoms with van der Waals surface area (Å²) >= 11 is 7.49. The molecular weight excluding hydrogens is 386 g/mol. The molecule has 3 rings (SSSR count). The van der Waals surface area contributed by atoms with E-state index in [1.54, 1.807) is 24.3 Å². The van der Waals surface area contributed by atoms with Gasteiger partial charge in [0.2, 0.25) is 0 Å². The summed E-state index contributed by atoms with van der Waals surface area (Å²) in [5, 5.41) is 3.73. The Hall–Kier alpha value is -2.70. The van der Waals surface area contributed by atoms with Crippen LogP contribution in [-0.2, 0) is 9.53 Å².